The molecule has 2 aromatic heterocycles. The van der Waals surface area contributed by atoms with Gasteiger partial charge < -0.3 is 9.80 Å². The van der Waals surface area contributed by atoms with Crippen LogP contribution in [-0.4, -0.2) is 41.4 Å². The molecule has 0 aliphatic carbocycles. The zero-order valence-corrected chi connectivity index (χ0v) is 14.1. The van der Waals surface area contributed by atoms with Gasteiger partial charge in [0.05, 0.1) is 11.2 Å². The molecular formula is C19H18N6. The van der Waals surface area contributed by atoms with Crippen molar-refractivity contribution in [3.63, 3.8) is 0 Å². The summed E-state index contributed by atoms with van der Waals surface area (Å²) in [6.45, 7) is 5.41. The Hall–Kier alpha value is -3.20. The summed E-state index contributed by atoms with van der Waals surface area (Å²) in [5.41, 5.74) is 3.27. The van der Waals surface area contributed by atoms with Crippen LogP contribution < -0.4 is 9.80 Å². The second-order valence-corrected chi connectivity index (χ2v) is 6.19. The van der Waals surface area contributed by atoms with Crippen molar-refractivity contribution in [2.45, 2.75) is 6.92 Å². The van der Waals surface area contributed by atoms with Crippen molar-refractivity contribution in [1.29, 1.82) is 5.26 Å². The number of piperazine rings is 1. The molecule has 124 valence electrons. The fourth-order valence-electron chi connectivity index (χ4n) is 3.30. The van der Waals surface area contributed by atoms with Gasteiger partial charge in [0.2, 0.25) is 0 Å². The highest BCUT2D eigenvalue weighted by atomic mass is 15.3. The van der Waals surface area contributed by atoms with Crippen LogP contribution in [0.1, 0.15) is 11.3 Å². The number of rotatable bonds is 2. The van der Waals surface area contributed by atoms with Crippen LogP contribution in [0.5, 0.6) is 0 Å². The molecule has 0 saturated carbocycles. The molecular weight excluding hydrogens is 312 g/mol. The van der Waals surface area contributed by atoms with E-state index in [1.807, 2.05) is 36.5 Å². The third kappa shape index (κ3) is 2.85. The molecule has 0 unspecified atom stereocenters. The van der Waals surface area contributed by atoms with E-state index in [1.54, 1.807) is 0 Å². The summed E-state index contributed by atoms with van der Waals surface area (Å²) in [5.74, 6) is 0.996. The molecule has 0 N–H and O–H groups in total. The Bertz CT molecular complexity index is 939. The van der Waals surface area contributed by atoms with Crippen LogP contribution in [-0.2, 0) is 0 Å². The van der Waals surface area contributed by atoms with Crippen molar-refractivity contribution in [2.24, 2.45) is 0 Å². The van der Waals surface area contributed by atoms with Gasteiger partial charge in [-0.25, -0.2) is 4.98 Å². The largest absolute Gasteiger partial charge is 0.365 e. The number of anilines is 2. The lowest BCUT2D eigenvalue weighted by Gasteiger charge is -2.37. The van der Waals surface area contributed by atoms with Crippen molar-refractivity contribution < 1.29 is 0 Å². The van der Waals surface area contributed by atoms with Gasteiger partial charge in [-0.15, -0.1) is 10.2 Å². The van der Waals surface area contributed by atoms with E-state index in [0.717, 1.165) is 54.2 Å². The summed E-state index contributed by atoms with van der Waals surface area (Å²) in [6.07, 6.45) is 1.82. The summed E-state index contributed by atoms with van der Waals surface area (Å²) in [5, 5.41) is 18.8. The zero-order valence-electron chi connectivity index (χ0n) is 14.1. The Morgan fingerprint density at radius 1 is 1.00 bits per heavy atom. The predicted molar refractivity (Wildman–Crippen MR) is 97.7 cm³/mol. The molecule has 0 radical (unpaired) electrons. The quantitative estimate of drug-likeness (QED) is 0.719. The zero-order chi connectivity index (χ0) is 17.2. The molecule has 3 aromatic rings. The molecule has 1 aliphatic heterocycles. The number of aromatic nitrogens is 3. The van der Waals surface area contributed by atoms with Gasteiger partial charge in [-0.2, -0.15) is 5.26 Å². The number of hydrogen-bond acceptors (Lipinski definition) is 6. The minimum absolute atomic E-state index is 0.393. The van der Waals surface area contributed by atoms with Gasteiger partial charge in [-0.1, -0.05) is 17.7 Å². The van der Waals surface area contributed by atoms with Gasteiger partial charge in [0, 0.05) is 37.8 Å². The highest BCUT2D eigenvalue weighted by Crippen LogP contribution is 2.30. The predicted octanol–water partition coefficient (Wildman–Crippen LogP) is 2.53. The van der Waals surface area contributed by atoms with Crippen molar-refractivity contribution in [2.75, 3.05) is 36.0 Å². The topological polar surface area (TPSA) is 68.9 Å². The van der Waals surface area contributed by atoms with E-state index in [0.29, 0.717) is 5.69 Å². The maximum atomic E-state index is 9.51. The average molecular weight is 330 g/mol. The molecule has 1 fully saturated rings. The minimum Gasteiger partial charge on any atom is -0.365 e. The molecule has 0 bridgehead atoms. The molecule has 6 nitrogen and oxygen atoms in total. The van der Waals surface area contributed by atoms with Crippen LogP contribution >= 0.6 is 0 Å². The monoisotopic (exact) mass is 330 g/mol. The number of aryl methyl sites for hydroxylation is 1. The first kappa shape index (κ1) is 15.3. The van der Waals surface area contributed by atoms with Gasteiger partial charge in [-0.3, -0.25) is 0 Å². The van der Waals surface area contributed by atoms with Gasteiger partial charge >= 0.3 is 0 Å². The van der Waals surface area contributed by atoms with Crippen LogP contribution in [0.25, 0.3) is 10.9 Å². The van der Waals surface area contributed by atoms with E-state index in [1.165, 1.54) is 0 Å². The second kappa shape index (κ2) is 6.36. The summed E-state index contributed by atoms with van der Waals surface area (Å²) < 4.78 is 0. The van der Waals surface area contributed by atoms with E-state index in [4.69, 9.17) is 0 Å². The van der Waals surface area contributed by atoms with Crippen molar-refractivity contribution >= 4 is 22.4 Å². The van der Waals surface area contributed by atoms with Gasteiger partial charge in [0.15, 0.2) is 5.69 Å². The van der Waals surface area contributed by atoms with E-state index in [9.17, 15) is 5.26 Å². The molecule has 0 amide bonds. The molecule has 1 saturated heterocycles. The molecule has 0 atom stereocenters. The fourth-order valence-corrected chi connectivity index (χ4v) is 3.30. The number of benzene rings is 1. The molecule has 1 aliphatic rings. The smallest absolute Gasteiger partial charge is 0.187 e. The number of nitriles is 1. The van der Waals surface area contributed by atoms with Crippen LogP contribution in [0, 0.1) is 18.3 Å². The van der Waals surface area contributed by atoms with Crippen molar-refractivity contribution in [3.8, 4) is 6.07 Å². The van der Waals surface area contributed by atoms with Crippen molar-refractivity contribution in [1.82, 2.24) is 15.2 Å². The Kier molecular flexibility index (Phi) is 3.90. The second-order valence-electron chi connectivity index (χ2n) is 6.19. The van der Waals surface area contributed by atoms with Crippen LogP contribution in [0.15, 0.2) is 42.6 Å². The summed E-state index contributed by atoms with van der Waals surface area (Å²) in [7, 11) is 0. The lowest BCUT2D eigenvalue weighted by molar-refractivity contribution is 0.647. The van der Waals surface area contributed by atoms with E-state index in [2.05, 4.69) is 44.0 Å². The van der Waals surface area contributed by atoms with Crippen molar-refractivity contribution in [3.05, 3.63) is 53.9 Å². The number of nitrogens with zero attached hydrogens (tertiary/aromatic N) is 6. The first-order valence-corrected chi connectivity index (χ1v) is 8.34. The Balaban J connectivity index is 1.67. The third-order valence-corrected chi connectivity index (χ3v) is 4.56. The van der Waals surface area contributed by atoms with E-state index < -0.39 is 0 Å². The number of fused-ring (bicyclic) bond motifs is 1. The van der Waals surface area contributed by atoms with E-state index >= 15 is 0 Å². The summed E-state index contributed by atoms with van der Waals surface area (Å²) >= 11 is 0. The normalized spacial score (nSPS) is 14.6. The molecule has 6 heteroatoms. The van der Waals surface area contributed by atoms with Crippen LogP contribution in [0.3, 0.4) is 0 Å². The van der Waals surface area contributed by atoms with Gasteiger partial charge in [0.25, 0.3) is 0 Å². The molecule has 25 heavy (non-hydrogen) atoms. The highest BCUT2D eigenvalue weighted by molar-refractivity contribution is 5.94. The van der Waals surface area contributed by atoms with Gasteiger partial charge in [0.1, 0.15) is 11.9 Å². The number of pyridine rings is 1. The maximum Gasteiger partial charge on any atom is 0.187 e. The van der Waals surface area contributed by atoms with Crippen LogP contribution in [0.4, 0.5) is 11.5 Å². The third-order valence-electron chi connectivity index (χ3n) is 4.56. The fraction of sp³-hybridized carbons (Fsp3) is 0.263. The van der Waals surface area contributed by atoms with Crippen LogP contribution in [0.2, 0.25) is 0 Å². The van der Waals surface area contributed by atoms with Gasteiger partial charge in [-0.05, 0) is 31.2 Å². The lowest BCUT2D eigenvalue weighted by Crippen LogP contribution is -2.47. The SMILES string of the molecule is Cc1ccc2nnc(C#N)c(N3CCN(c4ccccn4)CC3)c2c1. The first-order valence-electron chi connectivity index (χ1n) is 8.34. The minimum atomic E-state index is 0.393. The molecule has 4 rings (SSSR count). The Morgan fingerprint density at radius 3 is 2.52 bits per heavy atom. The lowest BCUT2D eigenvalue weighted by atomic mass is 10.1. The summed E-state index contributed by atoms with van der Waals surface area (Å²) in [4.78, 5) is 8.94. The summed E-state index contributed by atoms with van der Waals surface area (Å²) in [6, 6.07) is 14.2. The standard InChI is InChI=1S/C19H18N6/c1-14-5-6-16-15(12-14)19(17(13-20)23-22-16)25-10-8-24(9-11-25)18-4-2-3-7-21-18/h2-7,12H,8-11H2,1H3. The maximum absolute atomic E-state index is 9.51. The first-order chi connectivity index (χ1) is 12.3. The average Bonchev–Trinajstić information content (AvgIpc) is 2.68. The molecule has 1 aromatic carbocycles. The Morgan fingerprint density at radius 2 is 1.80 bits per heavy atom. The molecule has 3 heterocycles. The molecule has 0 spiro atoms. The highest BCUT2D eigenvalue weighted by Gasteiger charge is 2.23. The Labute approximate surface area is 146 Å². The van der Waals surface area contributed by atoms with E-state index in [-0.39, 0.29) is 0 Å². The number of hydrogen-bond donors (Lipinski definition) is 0.